The van der Waals surface area contributed by atoms with E-state index in [9.17, 15) is 4.79 Å². The lowest BCUT2D eigenvalue weighted by Crippen LogP contribution is -2.43. The van der Waals surface area contributed by atoms with Crippen LogP contribution in [-0.4, -0.2) is 25.4 Å². The molecule has 0 aliphatic carbocycles. The highest BCUT2D eigenvalue weighted by atomic mass is 32.1. The maximum atomic E-state index is 13.5. The van der Waals surface area contributed by atoms with Crippen LogP contribution in [0.15, 0.2) is 91.6 Å². The van der Waals surface area contributed by atoms with Gasteiger partial charge in [0.2, 0.25) is 5.91 Å². The first-order chi connectivity index (χ1) is 16.1. The van der Waals surface area contributed by atoms with E-state index in [1.165, 1.54) is 0 Å². The number of nitrogens with one attached hydrogen (secondary N) is 1. The van der Waals surface area contributed by atoms with E-state index in [1.54, 1.807) is 30.1 Å². The molecule has 33 heavy (non-hydrogen) atoms. The first-order valence-electron chi connectivity index (χ1n) is 10.7. The van der Waals surface area contributed by atoms with E-state index >= 15 is 0 Å². The van der Waals surface area contributed by atoms with Crippen LogP contribution in [0.25, 0.3) is 16.0 Å². The van der Waals surface area contributed by atoms with E-state index in [-0.39, 0.29) is 5.91 Å². The first-order valence-corrected chi connectivity index (χ1v) is 11.5. The van der Waals surface area contributed by atoms with Crippen LogP contribution < -0.4 is 5.32 Å². The molecule has 1 atom stereocenters. The summed E-state index contributed by atoms with van der Waals surface area (Å²) < 4.78 is 2.97. The van der Waals surface area contributed by atoms with Gasteiger partial charge in [-0.05, 0) is 36.2 Å². The molecule has 3 aromatic heterocycles. The van der Waals surface area contributed by atoms with E-state index in [1.807, 2.05) is 78.4 Å². The highest BCUT2D eigenvalue weighted by Crippen LogP contribution is 2.32. The van der Waals surface area contributed by atoms with Crippen molar-refractivity contribution in [2.24, 2.45) is 0 Å². The number of aromatic nitrogens is 4. The molecule has 2 aromatic carbocycles. The average Bonchev–Trinajstić information content (AvgIpc) is 3.53. The van der Waals surface area contributed by atoms with Crippen LogP contribution in [0.3, 0.4) is 0 Å². The number of imidazole rings is 1. The second-order valence-corrected chi connectivity index (χ2v) is 9.24. The van der Waals surface area contributed by atoms with Gasteiger partial charge in [-0.1, -0.05) is 48.5 Å². The number of thiazole rings is 1. The topological polar surface area (TPSA) is 72.7 Å². The van der Waals surface area contributed by atoms with Gasteiger partial charge in [0.25, 0.3) is 0 Å². The van der Waals surface area contributed by atoms with Crippen molar-refractivity contribution in [2.75, 3.05) is 0 Å². The molecule has 0 saturated heterocycles. The van der Waals surface area contributed by atoms with Gasteiger partial charge in [-0.15, -0.1) is 11.3 Å². The first kappa shape index (κ1) is 21.0. The Morgan fingerprint density at radius 2 is 1.88 bits per heavy atom. The molecule has 3 heterocycles. The molecule has 5 rings (SSSR count). The van der Waals surface area contributed by atoms with Crippen molar-refractivity contribution in [3.05, 3.63) is 108 Å². The van der Waals surface area contributed by atoms with Gasteiger partial charge in [0.1, 0.15) is 12.1 Å². The van der Waals surface area contributed by atoms with Gasteiger partial charge in [0.15, 0.2) is 0 Å². The van der Waals surface area contributed by atoms with Crippen LogP contribution in [0.5, 0.6) is 0 Å². The number of carbonyl (C=O) groups is 1. The highest BCUT2D eigenvalue weighted by molar-refractivity contribution is 7.18. The van der Waals surface area contributed by atoms with E-state index in [0.717, 1.165) is 32.2 Å². The number of hydrogen-bond donors (Lipinski definition) is 1. The zero-order valence-corrected chi connectivity index (χ0v) is 19.0. The zero-order valence-electron chi connectivity index (χ0n) is 18.2. The van der Waals surface area contributed by atoms with E-state index in [4.69, 9.17) is 4.98 Å². The van der Waals surface area contributed by atoms with Crippen molar-refractivity contribution >= 4 is 27.5 Å². The quantitative estimate of drug-likeness (QED) is 0.388. The minimum atomic E-state index is -0.751. The minimum Gasteiger partial charge on any atom is -0.351 e. The number of carbonyl (C=O) groups excluding carboxylic acids is 1. The SMILES string of the molecule is CC(Cc1nc2ccccc2s1)(C(=O)NCc1ccc(-n2ccnc2)nc1)c1ccccc1. The lowest BCUT2D eigenvalue weighted by Gasteiger charge is -2.28. The van der Waals surface area contributed by atoms with Gasteiger partial charge in [-0.25, -0.2) is 15.0 Å². The van der Waals surface area contributed by atoms with Gasteiger partial charge in [0.05, 0.1) is 20.6 Å². The van der Waals surface area contributed by atoms with E-state index in [0.29, 0.717) is 13.0 Å². The lowest BCUT2D eigenvalue weighted by atomic mass is 9.78. The summed E-state index contributed by atoms with van der Waals surface area (Å²) in [5.74, 6) is 0.749. The Bertz CT molecular complexity index is 1330. The van der Waals surface area contributed by atoms with Gasteiger partial charge >= 0.3 is 0 Å². The molecule has 1 amide bonds. The van der Waals surface area contributed by atoms with Crippen molar-refractivity contribution in [2.45, 2.75) is 25.3 Å². The fraction of sp³-hybridized carbons (Fsp3) is 0.154. The zero-order chi connectivity index (χ0) is 22.7. The molecule has 164 valence electrons. The van der Waals surface area contributed by atoms with Gasteiger partial charge in [-0.2, -0.15) is 0 Å². The molecule has 0 aliphatic rings. The predicted molar refractivity (Wildman–Crippen MR) is 130 cm³/mol. The third-order valence-corrected chi connectivity index (χ3v) is 6.82. The summed E-state index contributed by atoms with van der Waals surface area (Å²) in [6.45, 7) is 2.39. The van der Waals surface area contributed by atoms with Crippen LogP contribution in [0.2, 0.25) is 0 Å². The Balaban J connectivity index is 1.36. The molecule has 0 bridgehead atoms. The van der Waals surface area contributed by atoms with Crippen LogP contribution in [0.1, 0.15) is 23.1 Å². The van der Waals surface area contributed by atoms with Crippen molar-refractivity contribution in [1.82, 2.24) is 24.8 Å². The van der Waals surface area contributed by atoms with Gasteiger partial charge in [0, 0.05) is 31.6 Å². The van der Waals surface area contributed by atoms with Crippen LogP contribution in [0.4, 0.5) is 0 Å². The largest absolute Gasteiger partial charge is 0.351 e. The number of rotatable bonds is 7. The van der Waals surface area contributed by atoms with E-state index < -0.39 is 5.41 Å². The Morgan fingerprint density at radius 1 is 1.06 bits per heavy atom. The maximum Gasteiger partial charge on any atom is 0.231 e. The van der Waals surface area contributed by atoms with Crippen molar-refractivity contribution in [3.63, 3.8) is 0 Å². The summed E-state index contributed by atoms with van der Waals surface area (Å²) in [5, 5.41) is 4.07. The molecule has 0 spiro atoms. The predicted octanol–water partition coefficient (Wildman–Crippen LogP) is 4.69. The molecule has 0 aliphatic heterocycles. The molecule has 5 aromatic rings. The fourth-order valence-electron chi connectivity index (χ4n) is 3.86. The Morgan fingerprint density at radius 3 is 2.61 bits per heavy atom. The summed E-state index contributed by atoms with van der Waals surface area (Å²) in [6.07, 6.45) is 7.57. The molecule has 0 fully saturated rings. The number of pyridine rings is 1. The molecule has 0 saturated carbocycles. The van der Waals surface area contributed by atoms with Crippen LogP contribution in [0, 0.1) is 0 Å². The third-order valence-electron chi connectivity index (χ3n) is 5.79. The number of benzene rings is 2. The highest BCUT2D eigenvalue weighted by Gasteiger charge is 2.36. The van der Waals surface area contributed by atoms with Crippen molar-refractivity contribution in [3.8, 4) is 5.82 Å². The second-order valence-electron chi connectivity index (χ2n) is 8.13. The Kier molecular flexibility index (Phi) is 5.71. The summed E-state index contributed by atoms with van der Waals surface area (Å²) in [5.41, 5.74) is 2.12. The Hall–Kier alpha value is -3.84. The average molecular weight is 454 g/mol. The Labute approximate surface area is 196 Å². The summed E-state index contributed by atoms with van der Waals surface area (Å²) in [4.78, 5) is 26.8. The summed E-state index contributed by atoms with van der Waals surface area (Å²) in [6, 6.07) is 21.9. The molecule has 0 radical (unpaired) electrons. The number of hydrogen-bond acceptors (Lipinski definition) is 5. The van der Waals surface area contributed by atoms with Crippen LogP contribution in [-0.2, 0) is 23.2 Å². The minimum absolute atomic E-state index is 0.0355. The van der Waals surface area contributed by atoms with Crippen LogP contribution >= 0.6 is 11.3 Å². The number of fused-ring (bicyclic) bond motifs is 1. The third kappa shape index (κ3) is 4.40. The molecule has 7 heteroatoms. The van der Waals surface area contributed by atoms with Crippen molar-refractivity contribution < 1.29 is 4.79 Å². The molecular weight excluding hydrogens is 430 g/mol. The number of amides is 1. The fourth-order valence-corrected chi connectivity index (χ4v) is 4.99. The van der Waals surface area contributed by atoms with Crippen molar-refractivity contribution in [1.29, 1.82) is 0 Å². The molecular formula is C26H23N5OS. The summed E-state index contributed by atoms with van der Waals surface area (Å²) >= 11 is 1.64. The molecule has 1 N–H and O–H groups in total. The lowest BCUT2D eigenvalue weighted by molar-refractivity contribution is -0.126. The van der Waals surface area contributed by atoms with E-state index in [2.05, 4.69) is 21.4 Å². The van der Waals surface area contributed by atoms with Gasteiger partial charge < -0.3 is 5.32 Å². The standard InChI is InChI=1S/C26H23N5OS/c1-26(20-7-3-2-4-8-20,15-24-30-21-9-5-6-10-22(21)33-24)25(32)29-17-19-11-12-23(28-16-19)31-14-13-27-18-31/h2-14,16,18H,15,17H2,1H3,(H,29,32). The number of nitrogens with zero attached hydrogens (tertiary/aromatic N) is 4. The van der Waals surface area contributed by atoms with Gasteiger partial charge in [-0.3, -0.25) is 9.36 Å². The monoisotopic (exact) mass is 453 g/mol. The molecule has 6 nitrogen and oxygen atoms in total. The maximum absolute atomic E-state index is 13.5. The molecule has 1 unspecified atom stereocenters. The number of para-hydroxylation sites is 1. The summed E-state index contributed by atoms with van der Waals surface area (Å²) in [7, 11) is 0. The normalized spacial score (nSPS) is 13.0. The smallest absolute Gasteiger partial charge is 0.231 e. The second kappa shape index (κ2) is 8.96.